The van der Waals surface area contributed by atoms with Crippen LogP contribution in [0.2, 0.25) is 0 Å². The van der Waals surface area contributed by atoms with E-state index in [-0.39, 0.29) is 5.91 Å². The number of carbonyl (C=O) groups is 1. The molecule has 0 bridgehead atoms. The summed E-state index contributed by atoms with van der Waals surface area (Å²) in [5, 5.41) is 4.51. The lowest BCUT2D eigenvalue weighted by molar-refractivity contribution is 0.0690. The van der Waals surface area contributed by atoms with Crippen LogP contribution in [-0.4, -0.2) is 33.7 Å². The Morgan fingerprint density at radius 3 is 2.28 bits per heavy atom. The van der Waals surface area contributed by atoms with Crippen LogP contribution in [0.25, 0.3) is 0 Å². The molecular weight excluding hydrogens is 358 g/mol. The second-order valence-corrected chi connectivity index (χ2v) is 8.21. The van der Waals surface area contributed by atoms with Gasteiger partial charge in [-0.1, -0.05) is 42.5 Å². The summed E-state index contributed by atoms with van der Waals surface area (Å²) < 4.78 is 2.00. The first-order chi connectivity index (χ1) is 14.1. The molecule has 2 heterocycles. The summed E-state index contributed by atoms with van der Waals surface area (Å²) in [6, 6.07) is 20.8. The number of hydrogen-bond acceptors (Lipinski definition) is 2. The van der Waals surface area contributed by atoms with Gasteiger partial charge in [-0.05, 0) is 68.4 Å². The van der Waals surface area contributed by atoms with Crippen LogP contribution < -0.4 is 0 Å². The van der Waals surface area contributed by atoms with E-state index in [1.54, 1.807) is 0 Å². The Morgan fingerprint density at radius 1 is 0.966 bits per heavy atom. The first-order valence-corrected chi connectivity index (χ1v) is 10.5. The SMILES string of the molecule is Cc1cc(C)n(Cc2ccc(C(=O)N3CCC(Cc4ccccc4)CC3)cc2)n1. The van der Waals surface area contributed by atoms with Crippen LogP contribution in [-0.2, 0) is 13.0 Å². The number of likely N-dealkylation sites (tertiary alicyclic amines) is 1. The van der Waals surface area contributed by atoms with Crippen molar-refractivity contribution >= 4 is 5.91 Å². The maximum absolute atomic E-state index is 12.9. The Balaban J connectivity index is 1.32. The van der Waals surface area contributed by atoms with Crippen LogP contribution in [0.4, 0.5) is 0 Å². The van der Waals surface area contributed by atoms with Gasteiger partial charge in [-0.2, -0.15) is 5.10 Å². The van der Waals surface area contributed by atoms with Gasteiger partial charge >= 0.3 is 0 Å². The predicted octanol–water partition coefficient (Wildman–Crippen LogP) is 4.64. The molecule has 3 aromatic rings. The summed E-state index contributed by atoms with van der Waals surface area (Å²) in [6.07, 6.45) is 3.27. The lowest BCUT2D eigenvalue weighted by Crippen LogP contribution is -2.38. The highest BCUT2D eigenvalue weighted by molar-refractivity contribution is 5.94. The molecule has 29 heavy (non-hydrogen) atoms. The molecule has 2 aromatic carbocycles. The van der Waals surface area contributed by atoms with Gasteiger partial charge < -0.3 is 4.90 Å². The van der Waals surface area contributed by atoms with Gasteiger partial charge in [0.05, 0.1) is 12.2 Å². The molecule has 1 aliphatic rings. The number of aromatic nitrogens is 2. The second kappa shape index (κ2) is 8.64. The number of benzene rings is 2. The van der Waals surface area contributed by atoms with Crippen molar-refractivity contribution < 1.29 is 4.79 Å². The van der Waals surface area contributed by atoms with E-state index in [0.29, 0.717) is 5.92 Å². The highest BCUT2D eigenvalue weighted by atomic mass is 16.2. The number of carbonyl (C=O) groups excluding carboxylic acids is 1. The number of piperidine rings is 1. The van der Waals surface area contributed by atoms with Crippen molar-refractivity contribution in [2.45, 2.75) is 39.7 Å². The highest BCUT2D eigenvalue weighted by Gasteiger charge is 2.23. The molecule has 150 valence electrons. The number of amides is 1. The molecular formula is C25H29N3O. The normalized spacial score (nSPS) is 14.9. The Morgan fingerprint density at radius 2 is 1.66 bits per heavy atom. The van der Waals surface area contributed by atoms with Gasteiger partial charge in [-0.15, -0.1) is 0 Å². The minimum atomic E-state index is 0.154. The van der Waals surface area contributed by atoms with Crippen molar-refractivity contribution in [3.05, 3.63) is 88.7 Å². The molecule has 1 aliphatic heterocycles. The molecule has 4 heteroatoms. The van der Waals surface area contributed by atoms with Crippen LogP contribution in [0.15, 0.2) is 60.7 Å². The van der Waals surface area contributed by atoms with Gasteiger partial charge in [0, 0.05) is 24.3 Å². The fourth-order valence-electron chi connectivity index (χ4n) is 4.23. The highest BCUT2D eigenvalue weighted by Crippen LogP contribution is 2.23. The van der Waals surface area contributed by atoms with Crippen LogP contribution in [0, 0.1) is 19.8 Å². The van der Waals surface area contributed by atoms with E-state index in [1.807, 2.05) is 40.8 Å². The Labute approximate surface area is 173 Å². The predicted molar refractivity (Wildman–Crippen MR) is 116 cm³/mol. The Bertz CT molecular complexity index is 951. The Kier molecular flexibility index (Phi) is 5.79. The first kappa shape index (κ1) is 19.4. The summed E-state index contributed by atoms with van der Waals surface area (Å²) >= 11 is 0. The fourth-order valence-corrected chi connectivity index (χ4v) is 4.23. The van der Waals surface area contributed by atoms with Crippen LogP contribution in [0.5, 0.6) is 0 Å². The van der Waals surface area contributed by atoms with Gasteiger partial charge in [0.1, 0.15) is 0 Å². The van der Waals surface area contributed by atoms with Gasteiger partial charge in [0.15, 0.2) is 0 Å². The first-order valence-electron chi connectivity index (χ1n) is 10.5. The van der Waals surface area contributed by atoms with Crippen molar-refractivity contribution in [3.63, 3.8) is 0 Å². The van der Waals surface area contributed by atoms with E-state index in [1.165, 1.54) is 5.56 Å². The number of aryl methyl sites for hydroxylation is 2. The zero-order chi connectivity index (χ0) is 20.2. The van der Waals surface area contributed by atoms with Crippen molar-refractivity contribution in [2.75, 3.05) is 13.1 Å². The number of rotatable bonds is 5. The summed E-state index contributed by atoms with van der Waals surface area (Å²) in [5.41, 5.74) is 5.53. The molecule has 0 unspecified atom stereocenters. The largest absolute Gasteiger partial charge is 0.339 e. The fraction of sp³-hybridized carbons (Fsp3) is 0.360. The summed E-state index contributed by atoms with van der Waals surface area (Å²) in [4.78, 5) is 14.9. The topological polar surface area (TPSA) is 38.1 Å². The summed E-state index contributed by atoms with van der Waals surface area (Å²) in [7, 11) is 0. The molecule has 0 saturated carbocycles. The molecule has 4 rings (SSSR count). The molecule has 0 aliphatic carbocycles. The zero-order valence-corrected chi connectivity index (χ0v) is 17.3. The van der Waals surface area contributed by atoms with Gasteiger partial charge in [0.2, 0.25) is 0 Å². The van der Waals surface area contributed by atoms with E-state index >= 15 is 0 Å². The monoisotopic (exact) mass is 387 g/mol. The lowest BCUT2D eigenvalue weighted by atomic mass is 9.90. The van der Waals surface area contributed by atoms with Crippen LogP contribution >= 0.6 is 0 Å². The average molecular weight is 388 g/mol. The van der Waals surface area contributed by atoms with Crippen LogP contribution in [0.3, 0.4) is 0 Å². The smallest absolute Gasteiger partial charge is 0.253 e. The quantitative estimate of drug-likeness (QED) is 0.639. The number of nitrogens with zero attached hydrogens (tertiary/aromatic N) is 3. The molecule has 4 nitrogen and oxygen atoms in total. The van der Waals surface area contributed by atoms with E-state index in [4.69, 9.17) is 0 Å². The zero-order valence-electron chi connectivity index (χ0n) is 17.3. The summed E-state index contributed by atoms with van der Waals surface area (Å²) in [5.74, 6) is 0.824. The van der Waals surface area contributed by atoms with Gasteiger partial charge in [-0.25, -0.2) is 0 Å². The van der Waals surface area contributed by atoms with E-state index in [0.717, 1.165) is 61.4 Å². The third-order valence-corrected chi connectivity index (χ3v) is 5.91. The molecule has 0 N–H and O–H groups in total. The van der Waals surface area contributed by atoms with E-state index < -0.39 is 0 Å². The van der Waals surface area contributed by atoms with Crippen molar-refractivity contribution in [2.24, 2.45) is 5.92 Å². The third-order valence-electron chi connectivity index (χ3n) is 5.91. The molecule has 1 aromatic heterocycles. The van der Waals surface area contributed by atoms with Gasteiger partial charge in [0.25, 0.3) is 5.91 Å². The molecule has 1 saturated heterocycles. The van der Waals surface area contributed by atoms with Crippen molar-refractivity contribution in [3.8, 4) is 0 Å². The van der Waals surface area contributed by atoms with E-state index in [2.05, 4.69) is 48.4 Å². The molecule has 0 atom stereocenters. The van der Waals surface area contributed by atoms with Crippen molar-refractivity contribution in [1.82, 2.24) is 14.7 Å². The molecule has 0 radical (unpaired) electrons. The van der Waals surface area contributed by atoms with Crippen LogP contribution in [0.1, 0.15) is 45.7 Å². The standard InChI is InChI=1S/C25H29N3O/c1-19-16-20(2)28(26-19)18-23-8-10-24(11-9-23)25(29)27-14-12-22(13-15-27)17-21-6-4-3-5-7-21/h3-11,16,22H,12-15,17-18H2,1-2H3. The minimum Gasteiger partial charge on any atom is -0.339 e. The molecule has 0 spiro atoms. The average Bonchev–Trinajstić information content (AvgIpc) is 3.06. The maximum atomic E-state index is 12.9. The summed E-state index contributed by atoms with van der Waals surface area (Å²) in [6.45, 7) is 6.51. The molecule has 1 fully saturated rings. The Hall–Kier alpha value is -2.88. The third kappa shape index (κ3) is 4.76. The van der Waals surface area contributed by atoms with Gasteiger partial charge in [-0.3, -0.25) is 9.48 Å². The maximum Gasteiger partial charge on any atom is 0.253 e. The second-order valence-electron chi connectivity index (χ2n) is 8.21. The molecule has 1 amide bonds. The number of hydrogen-bond donors (Lipinski definition) is 0. The minimum absolute atomic E-state index is 0.154. The van der Waals surface area contributed by atoms with Crippen molar-refractivity contribution in [1.29, 1.82) is 0 Å². The lowest BCUT2D eigenvalue weighted by Gasteiger charge is -2.32. The van der Waals surface area contributed by atoms with E-state index in [9.17, 15) is 4.79 Å².